The van der Waals surface area contributed by atoms with E-state index in [0.717, 1.165) is 33.3 Å². The average molecular weight is 322 g/mol. The first-order valence-electron chi connectivity index (χ1n) is 8.04. The minimum atomic E-state index is -0.0330. The van der Waals surface area contributed by atoms with Crippen LogP contribution in [0.15, 0.2) is 47.3 Å². The van der Waals surface area contributed by atoms with Crippen LogP contribution in [0.1, 0.15) is 22.3 Å². The van der Waals surface area contributed by atoms with Crippen molar-refractivity contribution in [1.82, 2.24) is 10.3 Å². The molecule has 24 heavy (non-hydrogen) atoms. The van der Waals surface area contributed by atoms with Crippen molar-refractivity contribution in [3.05, 3.63) is 75.1 Å². The lowest BCUT2D eigenvalue weighted by atomic mass is 10.0. The maximum atomic E-state index is 12.3. The summed E-state index contributed by atoms with van der Waals surface area (Å²) in [5, 5.41) is 4.44. The monoisotopic (exact) mass is 322 g/mol. The third-order valence-electron chi connectivity index (χ3n) is 4.30. The quantitative estimate of drug-likeness (QED) is 0.756. The summed E-state index contributed by atoms with van der Waals surface area (Å²) >= 11 is 0. The van der Waals surface area contributed by atoms with Gasteiger partial charge in [-0.15, -0.1) is 0 Å². The molecule has 0 atom stereocenters. The molecule has 2 aromatic carbocycles. The predicted octanol–water partition coefficient (Wildman–Crippen LogP) is 3.44. The Kier molecular flexibility index (Phi) is 4.67. The number of hydrogen-bond donors (Lipinski definition) is 2. The standard InChI is InChI=1S/C20H22N2O2/c1-13-7-8-14(2)19-18(13)10-16(20(23)22-19)12-21-11-15-5-4-6-17(9-15)24-3/h4-10,21H,11-12H2,1-3H3,(H,22,23). The summed E-state index contributed by atoms with van der Waals surface area (Å²) in [6.45, 7) is 5.28. The molecule has 0 saturated heterocycles. The topological polar surface area (TPSA) is 54.1 Å². The van der Waals surface area contributed by atoms with Crippen molar-refractivity contribution in [2.24, 2.45) is 0 Å². The number of nitrogens with one attached hydrogen (secondary N) is 2. The van der Waals surface area contributed by atoms with Crippen molar-refractivity contribution in [1.29, 1.82) is 0 Å². The van der Waals surface area contributed by atoms with Crippen LogP contribution in [0, 0.1) is 13.8 Å². The molecule has 1 heterocycles. The number of pyridine rings is 1. The van der Waals surface area contributed by atoms with E-state index in [4.69, 9.17) is 4.74 Å². The van der Waals surface area contributed by atoms with Gasteiger partial charge in [-0.2, -0.15) is 0 Å². The molecular weight excluding hydrogens is 300 g/mol. The largest absolute Gasteiger partial charge is 0.497 e. The third-order valence-corrected chi connectivity index (χ3v) is 4.30. The second-order valence-electron chi connectivity index (χ2n) is 6.07. The molecule has 0 spiro atoms. The van der Waals surface area contributed by atoms with Crippen molar-refractivity contribution in [2.45, 2.75) is 26.9 Å². The molecule has 0 amide bonds. The summed E-state index contributed by atoms with van der Waals surface area (Å²) in [6.07, 6.45) is 0. The fourth-order valence-corrected chi connectivity index (χ4v) is 2.87. The first-order chi connectivity index (χ1) is 11.6. The second kappa shape index (κ2) is 6.89. The Balaban J connectivity index is 1.79. The van der Waals surface area contributed by atoms with E-state index in [9.17, 15) is 4.79 Å². The van der Waals surface area contributed by atoms with E-state index in [1.807, 2.05) is 43.3 Å². The van der Waals surface area contributed by atoms with Gasteiger partial charge in [0.05, 0.1) is 12.6 Å². The van der Waals surface area contributed by atoms with Gasteiger partial charge in [0.25, 0.3) is 5.56 Å². The number of ether oxygens (including phenoxy) is 1. The molecule has 0 aliphatic heterocycles. The summed E-state index contributed by atoms with van der Waals surface area (Å²) in [4.78, 5) is 15.3. The summed E-state index contributed by atoms with van der Waals surface area (Å²) in [6, 6.07) is 14.0. The number of aromatic nitrogens is 1. The molecule has 2 N–H and O–H groups in total. The minimum absolute atomic E-state index is 0.0330. The lowest BCUT2D eigenvalue weighted by Crippen LogP contribution is -2.21. The summed E-state index contributed by atoms with van der Waals surface area (Å²) in [5.74, 6) is 0.837. The van der Waals surface area contributed by atoms with Crippen LogP contribution in [0.25, 0.3) is 10.9 Å². The van der Waals surface area contributed by atoms with Gasteiger partial charge in [0.15, 0.2) is 0 Å². The number of aryl methyl sites for hydroxylation is 2. The van der Waals surface area contributed by atoms with E-state index in [1.165, 1.54) is 5.56 Å². The molecule has 0 aliphatic rings. The highest BCUT2D eigenvalue weighted by Gasteiger charge is 2.07. The molecule has 3 aromatic rings. The summed E-state index contributed by atoms with van der Waals surface area (Å²) in [5.41, 5.74) is 5.02. The highest BCUT2D eigenvalue weighted by molar-refractivity contribution is 5.85. The Bertz CT molecular complexity index is 929. The Morgan fingerprint density at radius 1 is 1.04 bits per heavy atom. The van der Waals surface area contributed by atoms with Gasteiger partial charge in [-0.3, -0.25) is 4.79 Å². The maximum absolute atomic E-state index is 12.3. The molecule has 0 aliphatic carbocycles. The van der Waals surface area contributed by atoms with Crippen molar-refractivity contribution in [3.8, 4) is 5.75 Å². The van der Waals surface area contributed by atoms with E-state index in [1.54, 1.807) is 7.11 Å². The maximum Gasteiger partial charge on any atom is 0.252 e. The molecule has 124 valence electrons. The van der Waals surface area contributed by atoms with E-state index < -0.39 is 0 Å². The Morgan fingerprint density at radius 2 is 1.83 bits per heavy atom. The second-order valence-corrected chi connectivity index (χ2v) is 6.07. The van der Waals surface area contributed by atoms with Crippen molar-refractivity contribution in [3.63, 3.8) is 0 Å². The third kappa shape index (κ3) is 3.34. The van der Waals surface area contributed by atoms with E-state index in [-0.39, 0.29) is 5.56 Å². The van der Waals surface area contributed by atoms with Gasteiger partial charge in [-0.25, -0.2) is 0 Å². The molecule has 4 nitrogen and oxygen atoms in total. The molecule has 1 aromatic heterocycles. The number of H-pyrrole nitrogens is 1. The van der Waals surface area contributed by atoms with Crippen LogP contribution >= 0.6 is 0 Å². The van der Waals surface area contributed by atoms with Gasteiger partial charge >= 0.3 is 0 Å². The number of benzene rings is 2. The fourth-order valence-electron chi connectivity index (χ4n) is 2.87. The first kappa shape index (κ1) is 16.3. The highest BCUT2D eigenvalue weighted by atomic mass is 16.5. The smallest absolute Gasteiger partial charge is 0.252 e. The highest BCUT2D eigenvalue weighted by Crippen LogP contribution is 2.19. The minimum Gasteiger partial charge on any atom is -0.497 e. The molecule has 3 rings (SSSR count). The van der Waals surface area contributed by atoms with Gasteiger partial charge in [-0.1, -0.05) is 24.3 Å². The number of fused-ring (bicyclic) bond motifs is 1. The molecule has 4 heteroatoms. The van der Waals surface area contributed by atoms with E-state index in [0.29, 0.717) is 13.1 Å². The lowest BCUT2D eigenvalue weighted by Gasteiger charge is -2.09. The SMILES string of the molecule is COc1cccc(CNCc2cc3c(C)ccc(C)c3[nH]c2=O)c1. The molecule has 0 bridgehead atoms. The lowest BCUT2D eigenvalue weighted by molar-refractivity contribution is 0.414. The van der Waals surface area contributed by atoms with Crippen LogP contribution in [0.4, 0.5) is 0 Å². The van der Waals surface area contributed by atoms with E-state index >= 15 is 0 Å². The van der Waals surface area contributed by atoms with Gasteiger partial charge in [0, 0.05) is 24.0 Å². The van der Waals surface area contributed by atoms with Crippen LogP contribution in [-0.4, -0.2) is 12.1 Å². The van der Waals surface area contributed by atoms with Crippen LogP contribution in [0.2, 0.25) is 0 Å². The molecule has 0 fully saturated rings. The number of methoxy groups -OCH3 is 1. The van der Waals surface area contributed by atoms with Crippen molar-refractivity contribution >= 4 is 10.9 Å². The van der Waals surface area contributed by atoms with E-state index in [2.05, 4.69) is 23.3 Å². The van der Waals surface area contributed by atoms with Crippen molar-refractivity contribution < 1.29 is 4.74 Å². The number of aromatic amines is 1. The Hall–Kier alpha value is -2.59. The first-order valence-corrected chi connectivity index (χ1v) is 8.04. The number of hydrogen-bond acceptors (Lipinski definition) is 3. The average Bonchev–Trinajstić information content (AvgIpc) is 2.59. The fraction of sp³-hybridized carbons (Fsp3) is 0.250. The van der Waals surface area contributed by atoms with Gasteiger partial charge in [-0.05, 0) is 48.7 Å². The van der Waals surface area contributed by atoms with Crippen molar-refractivity contribution in [2.75, 3.05) is 7.11 Å². The Labute approximate surface area is 141 Å². The van der Waals surface area contributed by atoms with Crippen LogP contribution in [0.3, 0.4) is 0 Å². The zero-order valence-electron chi connectivity index (χ0n) is 14.3. The predicted molar refractivity (Wildman–Crippen MR) is 97.6 cm³/mol. The Morgan fingerprint density at radius 3 is 2.62 bits per heavy atom. The zero-order chi connectivity index (χ0) is 17.1. The molecule has 0 radical (unpaired) electrons. The van der Waals surface area contributed by atoms with Gasteiger partial charge < -0.3 is 15.0 Å². The van der Waals surface area contributed by atoms with Crippen LogP contribution < -0.4 is 15.6 Å². The molecular formula is C20H22N2O2. The van der Waals surface area contributed by atoms with Crippen LogP contribution in [-0.2, 0) is 13.1 Å². The van der Waals surface area contributed by atoms with Gasteiger partial charge in [0.1, 0.15) is 5.75 Å². The molecule has 0 unspecified atom stereocenters. The summed E-state index contributed by atoms with van der Waals surface area (Å²) < 4.78 is 5.23. The summed E-state index contributed by atoms with van der Waals surface area (Å²) in [7, 11) is 1.66. The molecule has 0 saturated carbocycles. The van der Waals surface area contributed by atoms with Gasteiger partial charge in [0.2, 0.25) is 0 Å². The van der Waals surface area contributed by atoms with Crippen LogP contribution in [0.5, 0.6) is 5.75 Å². The normalized spacial score (nSPS) is 11.0. The zero-order valence-corrected chi connectivity index (χ0v) is 14.3. The number of rotatable bonds is 5.